The molecule has 0 saturated carbocycles. The van der Waals surface area contributed by atoms with E-state index in [0.717, 1.165) is 18.8 Å². The lowest BCUT2D eigenvalue weighted by atomic mass is 9.92. The maximum Gasteiger partial charge on any atom is 0.256 e. The van der Waals surface area contributed by atoms with Gasteiger partial charge in [-0.2, -0.15) is 5.10 Å². The highest BCUT2D eigenvalue weighted by Gasteiger charge is 2.36. The summed E-state index contributed by atoms with van der Waals surface area (Å²) in [5.41, 5.74) is -0.451. The molecule has 2 aromatic rings. The molecule has 24 heavy (non-hydrogen) atoms. The molecule has 0 aliphatic carbocycles. The van der Waals surface area contributed by atoms with E-state index in [9.17, 15) is 9.90 Å². The number of aryl methyl sites for hydroxylation is 1. The Morgan fingerprint density at radius 2 is 2.25 bits per heavy atom. The molecule has 1 saturated heterocycles. The molecule has 0 aromatic carbocycles. The monoisotopic (exact) mass is 330 g/mol. The highest BCUT2D eigenvalue weighted by Crippen LogP contribution is 2.25. The van der Waals surface area contributed by atoms with E-state index in [4.69, 9.17) is 0 Å². The third-order valence-electron chi connectivity index (χ3n) is 4.26. The molecule has 8 heteroatoms. The number of aromatic nitrogens is 4. The number of aliphatic hydroxyl groups is 1. The van der Waals surface area contributed by atoms with Gasteiger partial charge in [-0.05, 0) is 12.8 Å². The first-order valence-electron chi connectivity index (χ1n) is 7.94. The van der Waals surface area contributed by atoms with Gasteiger partial charge in [0.1, 0.15) is 5.82 Å². The molecule has 128 valence electrons. The van der Waals surface area contributed by atoms with Crippen molar-refractivity contribution in [1.82, 2.24) is 24.6 Å². The lowest BCUT2D eigenvalue weighted by Gasteiger charge is -2.41. The zero-order valence-corrected chi connectivity index (χ0v) is 14.0. The Morgan fingerprint density at radius 3 is 2.92 bits per heavy atom. The molecule has 1 fully saturated rings. The minimum atomic E-state index is -0.970. The second kappa shape index (κ2) is 6.56. The van der Waals surface area contributed by atoms with Crippen LogP contribution < -0.4 is 4.90 Å². The van der Waals surface area contributed by atoms with Crippen molar-refractivity contribution in [3.8, 4) is 0 Å². The van der Waals surface area contributed by atoms with Crippen LogP contribution in [0.25, 0.3) is 0 Å². The number of nitrogens with zero attached hydrogens (tertiary/aromatic N) is 6. The average molecular weight is 330 g/mol. The standard InChI is InChI=1S/C16H22N6O2/c1-20(15(23)13-8-19-21(2)10-13)11-16(24)4-3-7-22(12-16)14-9-17-5-6-18-14/h5-6,8-10,24H,3-4,7,11-12H2,1-2H3. The molecular formula is C16H22N6O2. The molecule has 2 aromatic heterocycles. The molecular weight excluding hydrogens is 308 g/mol. The number of hydrogen-bond acceptors (Lipinski definition) is 6. The SMILES string of the molecule is CN(CC1(O)CCCN(c2cnccn2)C1)C(=O)c1cnn(C)c1. The van der Waals surface area contributed by atoms with Crippen LogP contribution >= 0.6 is 0 Å². The van der Waals surface area contributed by atoms with E-state index in [1.165, 1.54) is 6.20 Å². The molecule has 0 bridgehead atoms. The highest BCUT2D eigenvalue weighted by atomic mass is 16.3. The summed E-state index contributed by atoms with van der Waals surface area (Å²) >= 11 is 0. The molecule has 1 amide bonds. The predicted octanol–water partition coefficient (Wildman–Crippen LogP) is 0.314. The summed E-state index contributed by atoms with van der Waals surface area (Å²) in [5, 5.41) is 15.0. The van der Waals surface area contributed by atoms with Gasteiger partial charge < -0.3 is 14.9 Å². The number of carbonyl (C=O) groups is 1. The van der Waals surface area contributed by atoms with Crippen LogP contribution in [0.15, 0.2) is 31.0 Å². The molecule has 0 spiro atoms. The maximum absolute atomic E-state index is 12.5. The third-order valence-corrected chi connectivity index (χ3v) is 4.26. The van der Waals surface area contributed by atoms with Crippen LogP contribution in [-0.4, -0.2) is 67.9 Å². The largest absolute Gasteiger partial charge is 0.386 e. The van der Waals surface area contributed by atoms with Gasteiger partial charge in [-0.25, -0.2) is 4.98 Å². The summed E-state index contributed by atoms with van der Waals surface area (Å²) in [6.45, 7) is 1.51. The van der Waals surface area contributed by atoms with Crippen molar-refractivity contribution in [1.29, 1.82) is 0 Å². The lowest BCUT2D eigenvalue weighted by molar-refractivity contribution is -0.000147. The smallest absolute Gasteiger partial charge is 0.256 e. The normalized spacial score (nSPS) is 20.9. The summed E-state index contributed by atoms with van der Waals surface area (Å²) in [6.07, 6.45) is 9.65. The van der Waals surface area contributed by atoms with Crippen LogP contribution in [0.3, 0.4) is 0 Å². The summed E-state index contributed by atoms with van der Waals surface area (Å²) in [6, 6.07) is 0. The van der Waals surface area contributed by atoms with Crippen LogP contribution in [0.1, 0.15) is 23.2 Å². The second-order valence-electron chi connectivity index (χ2n) is 6.38. The van der Waals surface area contributed by atoms with Crippen LogP contribution in [0.2, 0.25) is 0 Å². The predicted molar refractivity (Wildman–Crippen MR) is 88.6 cm³/mol. The van der Waals surface area contributed by atoms with Crippen molar-refractivity contribution >= 4 is 11.7 Å². The van der Waals surface area contributed by atoms with Crippen molar-refractivity contribution in [2.45, 2.75) is 18.4 Å². The Morgan fingerprint density at radius 1 is 1.42 bits per heavy atom. The van der Waals surface area contributed by atoms with Gasteiger partial charge in [0.05, 0.1) is 30.1 Å². The van der Waals surface area contributed by atoms with E-state index in [0.29, 0.717) is 18.5 Å². The van der Waals surface area contributed by atoms with Crippen molar-refractivity contribution in [3.05, 3.63) is 36.5 Å². The summed E-state index contributed by atoms with van der Waals surface area (Å²) in [4.78, 5) is 24.4. The van der Waals surface area contributed by atoms with Gasteiger partial charge in [0.25, 0.3) is 5.91 Å². The number of rotatable bonds is 4. The fraction of sp³-hybridized carbons (Fsp3) is 0.500. The third kappa shape index (κ3) is 3.53. The number of likely N-dealkylation sites (N-methyl/N-ethyl adjacent to an activating group) is 1. The molecule has 3 rings (SSSR count). The van der Waals surface area contributed by atoms with Gasteiger partial charge in [-0.1, -0.05) is 0 Å². The fourth-order valence-corrected chi connectivity index (χ4v) is 3.16. The van der Waals surface area contributed by atoms with Gasteiger partial charge in [-0.15, -0.1) is 0 Å². The molecule has 1 aliphatic rings. The first-order chi connectivity index (χ1) is 11.5. The fourth-order valence-electron chi connectivity index (χ4n) is 3.16. The highest BCUT2D eigenvalue weighted by molar-refractivity contribution is 5.93. The van der Waals surface area contributed by atoms with Crippen LogP contribution in [0.4, 0.5) is 5.82 Å². The Kier molecular flexibility index (Phi) is 4.48. The Hall–Kier alpha value is -2.48. The van der Waals surface area contributed by atoms with Crippen LogP contribution in [0, 0.1) is 0 Å². The zero-order chi connectivity index (χ0) is 17.2. The molecule has 1 atom stereocenters. The second-order valence-corrected chi connectivity index (χ2v) is 6.38. The Balaban J connectivity index is 1.67. The van der Waals surface area contributed by atoms with Crippen molar-refractivity contribution in [3.63, 3.8) is 0 Å². The lowest BCUT2D eigenvalue weighted by Crippen LogP contribution is -2.54. The van der Waals surface area contributed by atoms with Gasteiger partial charge >= 0.3 is 0 Å². The van der Waals surface area contributed by atoms with Gasteiger partial charge in [-0.3, -0.25) is 14.5 Å². The van der Waals surface area contributed by atoms with E-state index in [1.807, 2.05) is 4.90 Å². The van der Waals surface area contributed by atoms with E-state index in [1.54, 1.807) is 48.5 Å². The van der Waals surface area contributed by atoms with Crippen LogP contribution in [0.5, 0.6) is 0 Å². The summed E-state index contributed by atoms with van der Waals surface area (Å²) in [7, 11) is 3.47. The quantitative estimate of drug-likeness (QED) is 0.868. The van der Waals surface area contributed by atoms with Gasteiger partial charge in [0, 0.05) is 45.8 Å². The molecule has 3 heterocycles. The zero-order valence-electron chi connectivity index (χ0n) is 14.0. The first kappa shape index (κ1) is 16.4. The molecule has 1 N–H and O–H groups in total. The number of amides is 1. The topological polar surface area (TPSA) is 87.4 Å². The van der Waals surface area contributed by atoms with E-state index in [2.05, 4.69) is 15.1 Å². The Bertz CT molecular complexity index is 704. The molecule has 0 radical (unpaired) electrons. The Labute approximate surface area is 140 Å². The summed E-state index contributed by atoms with van der Waals surface area (Å²) in [5.74, 6) is 0.602. The molecule has 1 aliphatic heterocycles. The number of β-amino-alcohol motifs (C(OH)–C–C–N with tert-alkyl or cyclic N) is 1. The van der Waals surface area contributed by atoms with Crippen molar-refractivity contribution in [2.24, 2.45) is 7.05 Å². The number of piperidine rings is 1. The van der Waals surface area contributed by atoms with E-state index < -0.39 is 5.60 Å². The first-order valence-corrected chi connectivity index (χ1v) is 7.94. The van der Waals surface area contributed by atoms with Gasteiger partial charge in [0.2, 0.25) is 0 Å². The minimum Gasteiger partial charge on any atom is -0.386 e. The van der Waals surface area contributed by atoms with Crippen molar-refractivity contribution in [2.75, 3.05) is 31.6 Å². The number of hydrogen-bond donors (Lipinski definition) is 1. The van der Waals surface area contributed by atoms with Gasteiger partial charge in [0.15, 0.2) is 0 Å². The van der Waals surface area contributed by atoms with Crippen LogP contribution in [-0.2, 0) is 7.05 Å². The van der Waals surface area contributed by atoms with E-state index >= 15 is 0 Å². The number of anilines is 1. The average Bonchev–Trinajstić information content (AvgIpc) is 3.01. The number of carbonyl (C=O) groups excluding carboxylic acids is 1. The minimum absolute atomic E-state index is 0.145. The maximum atomic E-state index is 12.5. The molecule has 1 unspecified atom stereocenters. The van der Waals surface area contributed by atoms with Crippen molar-refractivity contribution < 1.29 is 9.90 Å². The van der Waals surface area contributed by atoms with E-state index in [-0.39, 0.29) is 12.5 Å². The summed E-state index contributed by atoms with van der Waals surface area (Å²) < 4.78 is 1.59. The molecule has 8 nitrogen and oxygen atoms in total.